The molecule has 0 bridgehead atoms. The van der Waals surface area contributed by atoms with Crippen LogP contribution >= 0.6 is 0 Å². The Labute approximate surface area is 197 Å². The molecule has 5 aromatic rings. The van der Waals surface area contributed by atoms with Gasteiger partial charge < -0.3 is 15.0 Å². The van der Waals surface area contributed by atoms with Gasteiger partial charge in [0, 0.05) is 31.4 Å². The second kappa shape index (κ2) is 7.63. The molecule has 2 N–H and O–H groups in total. The molecule has 0 aliphatic carbocycles. The molecule has 3 aromatic carbocycles. The van der Waals surface area contributed by atoms with Gasteiger partial charge in [-0.25, -0.2) is 4.98 Å². The summed E-state index contributed by atoms with van der Waals surface area (Å²) in [5.41, 5.74) is 9.65. The summed E-state index contributed by atoms with van der Waals surface area (Å²) in [7, 11) is 1.83. The molecule has 2 aromatic heterocycles. The highest BCUT2D eigenvalue weighted by molar-refractivity contribution is 5.84. The summed E-state index contributed by atoms with van der Waals surface area (Å²) in [5.74, 6) is 0.735. The molecule has 6 nitrogen and oxygen atoms in total. The molecule has 0 atom stereocenters. The van der Waals surface area contributed by atoms with E-state index in [4.69, 9.17) is 4.98 Å². The Kier molecular flexibility index (Phi) is 4.55. The number of nitrogens with zero attached hydrogens (tertiary/aromatic N) is 4. The first-order valence-electron chi connectivity index (χ1n) is 11.3. The van der Waals surface area contributed by atoms with Crippen LogP contribution in [0.1, 0.15) is 22.3 Å². The highest BCUT2D eigenvalue weighted by atomic mass is 16.3. The molecule has 6 rings (SSSR count). The minimum atomic E-state index is 0.128. The van der Waals surface area contributed by atoms with Gasteiger partial charge in [0.2, 0.25) is 0 Å². The number of aromatic nitrogens is 4. The molecule has 0 amide bonds. The van der Waals surface area contributed by atoms with Crippen molar-refractivity contribution in [2.45, 2.75) is 20.0 Å². The van der Waals surface area contributed by atoms with Gasteiger partial charge in [-0.05, 0) is 35.7 Å². The van der Waals surface area contributed by atoms with Crippen molar-refractivity contribution >= 4 is 16.7 Å². The Morgan fingerprint density at radius 2 is 1.71 bits per heavy atom. The van der Waals surface area contributed by atoms with Crippen molar-refractivity contribution in [2.75, 3.05) is 0 Å². The summed E-state index contributed by atoms with van der Waals surface area (Å²) in [6, 6.07) is 22.6. The van der Waals surface area contributed by atoms with Crippen LogP contribution in [0.25, 0.3) is 39.5 Å². The lowest BCUT2D eigenvalue weighted by molar-refractivity contribution is 0.424. The average Bonchev–Trinajstić information content (AvgIpc) is 3.52. The van der Waals surface area contributed by atoms with Gasteiger partial charge in [-0.3, -0.25) is 4.68 Å². The summed E-state index contributed by atoms with van der Waals surface area (Å²) in [6.07, 6.45) is 0. The maximum absolute atomic E-state index is 11.0. The molecule has 0 spiro atoms. The molecule has 0 unspecified atom stereocenters. The maximum atomic E-state index is 11.0. The first-order valence-corrected chi connectivity index (χ1v) is 11.3. The largest absolute Gasteiger partial charge is 0.504 e. The Morgan fingerprint density at radius 3 is 2.44 bits per heavy atom. The van der Waals surface area contributed by atoms with Crippen LogP contribution in [0.4, 0.5) is 0 Å². The number of aromatic hydroxyl groups is 1. The lowest BCUT2D eigenvalue weighted by Crippen LogP contribution is -2.13. The third-order valence-electron chi connectivity index (χ3n) is 6.59. The van der Waals surface area contributed by atoms with Crippen LogP contribution in [0.2, 0.25) is 0 Å². The van der Waals surface area contributed by atoms with Gasteiger partial charge in [0.15, 0.2) is 11.6 Å². The third-order valence-corrected chi connectivity index (χ3v) is 6.59. The standard InChI is InChI=1S/C28H25N5O/c1-17-9-11-20(12-10-17)25-27(34)26(32(3)31-25)28-29-23-13-21-15-33(16-22(21)14-24(23)30-28)18(2)19-7-5-4-6-8-19/h4-14,34H,2,15-16H2,1,3H3,(H,29,30). The van der Waals surface area contributed by atoms with Gasteiger partial charge in [-0.1, -0.05) is 66.7 Å². The minimum absolute atomic E-state index is 0.128. The first-order chi connectivity index (χ1) is 16.5. The van der Waals surface area contributed by atoms with E-state index in [2.05, 4.69) is 45.8 Å². The van der Waals surface area contributed by atoms with E-state index in [0.717, 1.165) is 46.5 Å². The van der Waals surface area contributed by atoms with E-state index < -0.39 is 0 Å². The zero-order chi connectivity index (χ0) is 23.4. The molecular formula is C28H25N5O. The number of nitrogens with one attached hydrogen (secondary N) is 1. The molecule has 6 heteroatoms. The number of benzene rings is 3. The molecule has 168 valence electrons. The summed E-state index contributed by atoms with van der Waals surface area (Å²) in [5, 5.41) is 15.6. The Bertz CT molecular complexity index is 1500. The smallest absolute Gasteiger partial charge is 0.173 e. The van der Waals surface area contributed by atoms with Gasteiger partial charge in [0.1, 0.15) is 11.4 Å². The number of hydrogen-bond donors (Lipinski definition) is 2. The number of aromatic amines is 1. The number of fused-ring (bicyclic) bond motifs is 2. The number of imidazole rings is 1. The zero-order valence-electron chi connectivity index (χ0n) is 19.2. The van der Waals surface area contributed by atoms with E-state index in [0.29, 0.717) is 17.2 Å². The van der Waals surface area contributed by atoms with Crippen LogP contribution in [0.15, 0.2) is 73.3 Å². The van der Waals surface area contributed by atoms with Crippen LogP contribution in [-0.4, -0.2) is 29.8 Å². The van der Waals surface area contributed by atoms with Crippen molar-refractivity contribution in [3.63, 3.8) is 0 Å². The second-order valence-electron chi connectivity index (χ2n) is 8.93. The topological polar surface area (TPSA) is 70.0 Å². The molecule has 34 heavy (non-hydrogen) atoms. The average molecular weight is 448 g/mol. The molecule has 0 fully saturated rings. The van der Waals surface area contributed by atoms with Crippen molar-refractivity contribution in [3.8, 4) is 28.5 Å². The second-order valence-corrected chi connectivity index (χ2v) is 8.93. The van der Waals surface area contributed by atoms with Crippen LogP contribution in [0.5, 0.6) is 5.75 Å². The first kappa shape index (κ1) is 20.3. The highest BCUT2D eigenvalue weighted by Gasteiger charge is 2.24. The molecule has 0 radical (unpaired) electrons. The fourth-order valence-corrected chi connectivity index (χ4v) is 4.71. The fourth-order valence-electron chi connectivity index (χ4n) is 4.71. The molecule has 0 saturated heterocycles. The Morgan fingerprint density at radius 1 is 1.00 bits per heavy atom. The van der Waals surface area contributed by atoms with Crippen molar-refractivity contribution < 1.29 is 5.11 Å². The monoisotopic (exact) mass is 447 g/mol. The van der Waals surface area contributed by atoms with Crippen molar-refractivity contribution in [1.82, 2.24) is 24.6 Å². The highest BCUT2D eigenvalue weighted by Crippen LogP contribution is 2.38. The van der Waals surface area contributed by atoms with Gasteiger partial charge >= 0.3 is 0 Å². The molecule has 3 heterocycles. The van der Waals surface area contributed by atoms with E-state index >= 15 is 0 Å². The van der Waals surface area contributed by atoms with Crippen LogP contribution < -0.4 is 0 Å². The fraction of sp³-hybridized carbons (Fsp3) is 0.143. The molecule has 1 aliphatic rings. The quantitative estimate of drug-likeness (QED) is 0.375. The molecular weight excluding hydrogens is 422 g/mol. The van der Waals surface area contributed by atoms with Crippen LogP contribution in [-0.2, 0) is 20.1 Å². The summed E-state index contributed by atoms with van der Waals surface area (Å²) >= 11 is 0. The molecule has 1 aliphatic heterocycles. The van der Waals surface area contributed by atoms with E-state index in [9.17, 15) is 5.11 Å². The predicted molar refractivity (Wildman–Crippen MR) is 135 cm³/mol. The van der Waals surface area contributed by atoms with Gasteiger partial charge in [0.05, 0.1) is 11.0 Å². The normalized spacial score (nSPS) is 12.9. The SMILES string of the molecule is C=C(c1ccccc1)N1Cc2cc3nc(-c4c(O)c(-c5ccc(C)cc5)nn4C)[nH]c3cc2C1. The maximum Gasteiger partial charge on any atom is 0.173 e. The number of hydrogen-bond acceptors (Lipinski definition) is 4. The number of rotatable bonds is 4. The van der Waals surface area contributed by atoms with Crippen LogP contribution in [0.3, 0.4) is 0 Å². The minimum Gasteiger partial charge on any atom is -0.504 e. The lowest BCUT2D eigenvalue weighted by Gasteiger charge is -2.20. The predicted octanol–water partition coefficient (Wildman–Crippen LogP) is 5.63. The van der Waals surface area contributed by atoms with E-state index in [-0.39, 0.29) is 5.75 Å². The van der Waals surface area contributed by atoms with Gasteiger partial charge in [-0.2, -0.15) is 5.10 Å². The van der Waals surface area contributed by atoms with E-state index in [1.165, 1.54) is 11.1 Å². The Hall–Kier alpha value is -4.32. The summed E-state index contributed by atoms with van der Waals surface area (Å²) in [4.78, 5) is 10.5. The summed E-state index contributed by atoms with van der Waals surface area (Å²) in [6.45, 7) is 7.96. The van der Waals surface area contributed by atoms with Crippen LogP contribution in [0, 0.1) is 6.92 Å². The lowest BCUT2D eigenvalue weighted by atomic mass is 10.1. The van der Waals surface area contributed by atoms with Gasteiger partial charge in [-0.15, -0.1) is 0 Å². The number of H-pyrrole nitrogens is 1. The third kappa shape index (κ3) is 3.27. The van der Waals surface area contributed by atoms with Crippen molar-refractivity contribution in [3.05, 3.63) is 95.6 Å². The van der Waals surface area contributed by atoms with E-state index in [1.54, 1.807) is 4.68 Å². The summed E-state index contributed by atoms with van der Waals surface area (Å²) < 4.78 is 1.68. The number of aryl methyl sites for hydroxylation is 2. The van der Waals surface area contributed by atoms with Crippen molar-refractivity contribution in [1.29, 1.82) is 0 Å². The van der Waals surface area contributed by atoms with Crippen molar-refractivity contribution in [2.24, 2.45) is 7.05 Å². The van der Waals surface area contributed by atoms with E-state index in [1.807, 2.05) is 56.4 Å². The molecule has 0 saturated carbocycles. The zero-order valence-corrected chi connectivity index (χ0v) is 19.2. The van der Waals surface area contributed by atoms with Gasteiger partial charge in [0.25, 0.3) is 0 Å². The Balaban J connectivity index is 1.33.